The standard InChI is InChI=1S/C26H33N3O4/c1-18-5-3-6-19(13-18)25(31)27-15-24(30)28-21-16-29(17-21)22-9-11-26(32,12-10-22)20-7-4-8-23(14-20)33-2/h3-8,13-14,21-22,32H,9-12,15-17H2,1-2H3,(H,27,31)(H,28,30). The number of carbonyl (C=O) groups is 2. The summed E-state index contributed by atoms with van der Waals surface area (Å²) >= 11 is 0. The van der Waals surface area contributed by atoms with Gasteiger partial charge in [-0.05, 0) is 62.4 Å². The third-order valence-electron chi connectivity index (χ3n) is 6.87. The lowest BCUT2D eigenvalue weighted by molar-refractivity contribution is -0.122. The van der Waals surface area contributed by atoms with Crippen molar-refractivity contribution in [2.45, 2.75) is 50.3 Å². The second kappa shape index (κ2) is 9.93. The van der Waals surface area contributed by atoms with Gasteiger partial charge in [0, 0.05) is 24.7 Å². The van der Waals surface area contributed by atoms with Crippen LogP contribution in [0.3, 0.4) is 0 Å². The largest absolute Gasteiger partial charge is 0.497 e. The van der Waals surface area contributed by atoms with Crippen molar-refractivity contribution in [3.8, 4) is 5.75 Å². The summed E-state index contributed by atoms with van der Waals surface area (Å²) in [5.41, 5.74) is 1.68. The van der Waals surface area contributed by atoms with Crippen molar-refractivity contribution in [1.29, 1.82) is 0 Å². The molecular weight excluding hydrogens is 418 g/mol. The Kier molecular flexibility index (Phi) is 7.00. The summed E-state index contributed by atoms with van der Waals surface area (Å²) in [5, 5.41) is 16.8. The minimum absolute atomic E-state index is 0.0275. The van der Waals surface area contributed by atoms with Crippen molar-refractivity contribution in [2.24, 2.45) is 0 Å². The topological polar surface area (TPSA) is 90.9 Å². The molecule has 0 atom stereocenters. The van der Waals surface area contributed by atoms with Crippen LogP contribution < -0.4 is 15.4 Å². The zero-order valence-electron chi connectivity index (χ0n) is 19.3. The minimum atomic E-state index is -0.807. The van der Waals surface area contributed by atoms with Crippen LogP contribution in [0.1, 0.15) is 47.2 Å². The van der Waals surface area contributed by atoms with E-state index in [9.17, 15) is 14.7 Å². The maximum atomic E-state index is 12.2. The second-order valence-corrected chi connectivity index (χ2v) is 9.27. The third kappa shape index (κ3) is 5.54. The molecule has 2 fully saturated rings. The Labute approximate surface area is 195 Å². The number of amides is 2. The zero-order valence-corrected chi connectivity index (χ0v) is 19.3. The van der Waals surface area contributed by atoms with Gasteiger partial charge in [0.2, 0.25) is 5.91 Å². The number of hydrogen-bond acceptors (Lipinski definition) is 5. The molecule has 7 nitrogen and oxygen atoms in total. The van der Waals surface area contributed by atoms with Gasteiger partial charge in [0.15, 0.2) is 0 Å². The van der Waals surface area contributed by atoms with Crippen LogP contribution in [0.4, 0.5) is 0 Å². The molecule has 33 heavy (non-hydrogen) atoms. The van der Waals surface area contributed by atoms with Gasteiger partial charge in [-0.2, -0.15) is 0 Å². The lowest BCUT2D eigenvalue weighted by Gasteiger charge is -2.48. The Balaban J connectivity index is 1.18. The van der Waals surface area contributed by atoms with Crippen LogP contribution in [0.2, 0.25) is 0 Å². The van der Waals surface area contributed by atoms with Gasteiger partial charge in [-0.1, -0.05) is 29.8 Å². The molecule has 0 aromatic heterocycles. The van der Waals surface area contributed by atoms with Gasteiger partial charge in [0.05, 0.1) is 25.3 Å². The molecule has 2 aromatic carbocycles. The number of likely N-dealkylation sites (tertiary alicyclic amines) is 1. The number of benzene rings is 2. The fourth-order valence-corrected chi connectivity index (χ4v) is 4.88. The predicted molar refractivity (Wildman–Crippen MR) is 126 cm³/mol. The van der Waals surface area contributed by atoms with Crippen molar-refractivity contribution in [1.82, 2.24) is 15.5 Å². The Morgan fingerprint density at radius 3 is 2.55 bits per heavy atom. The van der Waals surface area contributed by atoms with Crippen molar-refractivity contribution in [3.63, 3.8) is 0 Å². The lowest BCUT2D eigenvalue weighted by atomic mass is 9.76. The van der Waals surface area contributed by atoms with Gasteiger partial charge in [-0.25, -0.2) is 0 Å². The number of nitrogens with one attached hydrogen (secondary N) is 2. The maximum Gasteiger partial charge on any atom is 0.251 e. The first-order valence-electron chi connectivity index (χ1n) is 11.6. The normalized spacial score (nSPS) is 23.4. The lowest BCUT2D eigenvalue weighted by Crippen LogP contribution is -2.63. The molecule has 0 unspecified atom stereocenters. The number of aryl methyl sites for hydroxylation is 1. The highest BCUT2D eigenvalue weighted by Gasteiger charge is 2.40. The van der Waals surface area contributed by atoms with Gasteiger partial charge in [0.1, 0.15) is 5.75 Å². The second-order valence-electron chi connectivity index (χ2n) is 9.27. The van der Waals surface area contributed by atoms with Crippen LogP contribution >= 0.6 is 0 Å². The fraction of sp³-hybridized carbons (Fsp3) is 0.462. The van der Waals surface area contributed by atoms with Crippen molar-refractivity contribution >= 4 is 11.8 Å². The molecule has 1 aliphatic heterocycles. The van der Waals surface area contributed by atoms with Gasteiger partial charge in [0.25, 0.3) is 5.91 Å². The van der Waals surface area contributed by atoms with E-state index in [1.165, 1.54) is 0 Å². The van der Waals surface area contributed by atoms with E-state index < -0.39 is 5.60 Å². The summed E-state index contributed by atoms with van der Waals surface area (Å²) in [5.74, 6) is 0.353. The highest BCUT2D eigenvalue weighted by molar-refractivity contribution is 5.96. The highest BCUT2D eigenvalue weighted by Crippen LogP contribution is 2.40. The zero-order chi connectivity index (χ0) is 23.4. The average Bonchev–Trinajstić information content (AvgIpc) is 2.80. The molecule has 0 bridgehead atoms. The van der Waals surface area contributed by atoms with Crippen LogP contribution in [0.25, 0.3) is 0 Å². The van der Waals surface area contributed by atoms with Crippen molar-refractivity contribution in [2.75, 3.05) is 26.7 Å². The van der Waals surface area contributed by atoms with Crippen LogP contribution in [-0.4, -0.2) is 60.6 Å². The van der Waals surface area contributed by atoms with Gasteiger partial charge in [-0.15, -0.1) is 0 Å². The van der Waals surface area contributed by atoms with Crippen molar-refractivity contribution < 1.29 is 19.4 Å². The van der Waals surface area contributed by atoms with E-state index in [0.29, 0.717) is 24.4 Å². The molecule has 3 N–H and O–H groups in total. The molecule has 2 aromatic rings. The van der Waals surface area contributed by atoms with E-state index in [0.717, 1.165) is 42.8 Å². The number of ether oxygens (including phenoxy) is 1. The average molecular weight is 452 g/mol. The highest BCUT2D eigenvalue weighted by atomic mass is 16.5. The SMILES string of the molecule is COc1cccc(C2(O)CCC(N3CC(NC(=O)CNC(=O)c4cccc(C)c4)C3)CC2)c1. The molecule has 7 heteroatoms. The minimum Gasteiger partial charge on any atom is -0.497 e. The Bertz CT molecular complexity index is 995. The summed E-state index contributed by atoms with van der Waals surface area (Å²) in [6.07, 6.45) is 3.26. The van der Waals surface area contributed by atoms with E-state index in [1.54, 1.807) is 19.2 Å². The molecule has 1 saturated heterocycles. The van der Waals surface area contributed by atoms with Crippen LogP contribution in [0, 0.1) is 6.92 Å². The number of aliphatic hydroxyl groups is 1. The summed E-state index contributed by atoms with van der Waals surface area (Å²) in [7, 11) is 1.64. The number of methoxy groups -OCH3 is 1. The molecule has 0 radical (unpaired) electrons. The predicted octanol–water partition coefficient (Wildman–Crippen LogP) is 2.36. The molecule has 0 spiro atoms. The number of rotatable bonds is 7. The van der Waals surface area contributed by atoms with E-state index >= 15 is 0 Å². The first-order valence-corrected chi connectivity index (χ1v) is 11.6. The summed E-state index contributed by atoms with van der Waals surface area (Å²) in [6, 6.07) is 15.5. The quantitative estimate of drug-likeness (QED) is 0.601. The molecule has 176 valence electrons. The van der Waals surface area contributed by atoms with Gasteiger partial charge >= 0.3 is 0 Å². The van der Waals surface area contributed by atoms with Crippen LogP contribution in [0.15, 0.2) is 48.5 Å². The molecule has 4 rings (SSSR count). The molecule has 1 aliphatic carbocycles. The van der Waals surface area contributed by atoms with Crippen LogP contribution in [0.5, 0.6) is 5.75 Å². The monoisotopic (exact) mass is 451 g/mol. The maximum absolute atomic E-state index is 12.2. The Morgan fingerprint density at radius 2 is 1.85 bits per heavy atom. The van der Waals surface area contributed by atoms with Crippen molar-refractivity contribution in [3.05, 3.63) is 65.2 Å². The molecule has 1 heterocycles. The molecule has 2 amide bonds. The Morgan fingerprint density at radius 1 is 1.12 bits per heavy atom. The van der Waals surface area contributed by atoms with E-state index in [4.69, 9.17) is 4.74 Å². The number of hydrogen-bond donors (Lipinski definition) is 3. The first-order chi connectivity index (χ1) is 15.9. The summed E-state index contributed by atoms with van der Waals surface area (Å²) in [6.45, 7) is 3.51. The van der Waals surface area contributed by atoms with E-state index in [2.05, 4.69) is 15.5 Å². The molecular formula is C26H33N3O4. The Hall–Kier alpha value is -2.90. The summed E-state index contributed by atoms with van der Waals surface area (Å²) < 4.78 is 5.30. The van der Waals surface area contributed by atoms with Gasteiger partial charge < -0.3 is 20.5 Å². The molecule has 2 aliphatic rings. The number of carbonyl (C=O) groups excluding carboxylic acids is 2. The van der Waals surface area contributed by atoms with E-state index in [1.807, 2.05) is 43.3 Å². The number of nitrogens with zero attached hydrogens (tertiary/aromatic N) is 1. The van der Waals surface area contributed by atoms with E-state index in [-0.39, 0.29) is 24.4 Å². The smallest absolute Gasteiger partial charge is 0.251 e. The fourth-order valence-electron chi connectivity index (χ4n) is 4.88. The van der Waals surface area contributed by atoms with Gasteiger partial charge in [-0.3, -0.25) is 14.5 Å². The summed E-state index contributed by atoms with van der Waals surface area (Å²) in [4.78, 5) is 26.8. The molecule has 1 saturated carbocycles. The first kappa shape index (κ1) is 23.3. The third-order valence-corrected chi connectivity index (χ3v) is 6.87. The van der Waals surface area contributed by atoms with Crippen LogP contribution in [-0.2, 0) is 10.4 Å².